The van der Waals surface area contributed by atoms with Crippen LogP contribution in [-0.4, -0.2) is 57.8 Å². The third-order valence-electron chi connectivity index (χ3n) is 4.97. The van der Waals surface area contributed by atoms with Crippen molar-refractivity contribution in [2.24, 2.45) is 11.8 Å². The van der Waals surface area contributed by atoms with Crippen molar-refractivity contribution >= 4 is 5.69 Å². The minimum atomic E-state index is 0.817. The zero-order valence-corrected chi connectivity index (χ0v) is 13.2. The highest BCUT2D eigenvalue weighted by Gasteiger charge is 2.27. The van der Waals surface area contributed by atoms with Gasteiger partial charge in [-0.05, 0) is 37.1 Å². The average molecular weight is 289 g/mol. The quantitative estimate of drug-likeness (QED) is 0.912. The highest BCUT2D eigenvalue weighted by atomic mass is 16.5. The SMILES string of the molecule is COc1ccccc1N1CCN(C[C@@H]2CNC[C@H]2C)CC1. The fraction of sp³-hybridized carbons (Fsp3) is 0.647. The van der Waals surface area contributed by atoms with Gasteiger partial charge in [-0.25, -0.2) is 0 Å². The molecule has 2 aliphatic heterocycles. The van der Waals surface area contributed by atoms with Gasteiger partial charge in [0.1, 0.15) is 5.75 Å². The molecule has 2 fully saturated rings. The number of benzene rings is 1. The van der Waals surface area contributed by atoms with E-state index in [1.54, 1.807) is 7.11 Å². The van der Waals surface area contributed by atoms with Gasteiger partial charge >= 0.3 is 0 Å². The molecule has 2 heterocycles. The van der Waals surface area contributed by atoms with E-state index >= 15 is 0 Å². The largest absolute Gasteiger partial charge is 0.495 e. The predicted molar refractivity (Wildman–Crippen MR) is 87.2 cm³/mol. The van der Waals surface area contributed by atoms with Gasteiger partial charge in [0.15, 0.2) is 0 Å². The molecular formula is C17H27N3O. The maximum Gasteiger partial charge on any atom is 0.142 e. The summed E-state index contributed by atoms with van der Waals surface area (Å²) in [6.07, 6.45) is 0. The summed E-state index contributed by atoms with van der Waals surface area (Å²) in [6.45, 7) is 10.5. The lowest BCUT2D eigenvalue weighted by atomic mass is 9.97. The molecule has 4 heteroatoms. The Morgan fingerprint density at radius 3 is 2.57 bits per heavy atom. The van der Waals surface area contributed by atoms with Gasteiger partial charge in [0.2, 0.25) is 0 Å². The lowest BCUT2D eigenvalue weighted by Crippen LogP contribution is -2.48. The van der Waals surface area contributed by atoms with Gasteiger partial charge in [0.05, 0.1) is 12.8 Å². The molecule has 0 saturated carbocycles. The second kappa shape index (κ2) is 6.67. The molecule has 4 nitrogen and oxygen atoms in total. The molecule has 0 spiro atoms. The van der Waals surface area contributed by atoms with Crippen molar-refractivity contribution in [3.05, 3.63) is 24.3 Å². The van der Waals surface area contributed by atoms with Crippen LogP contribution in [0.2, 0.25) is 0 Å². The van der Waals surface area contributed by atoms with Crippen molar-refractivity contribution in [1.29, 1.82) is 0 Å². The van der Waals surface area contributed by atoms with Gasteiger partial charge < -0.3 is 15.0 Å². The fourth-order valence-electron chi connectivity index (χ4n) is 3.50. The van der Waals surface area contributed by atoms with E-state index in [9.17, 15) is 0 Å². The van der Waals surface area contributed by atoms with Gasteiger partial charge in [-0.2, -0.15) is 0 Å². The Balaban J connectivity index is 1.55. The number of nitrogens with zero attached hydrogens (tertiary/aromatic N) is 2. The maximum atomic E-state index is 5.48. The van der Waals surface area contributed by atoms with Crippen LogP contribution in [0.5, 0.6) is 5.75 Å². The summed E-state index contributed by atoms with van der Waals surface area (Å²) in [5.41, 5.74) is 1.23. The Hall–Kier alpha value is -1.26. The number of para-hydroxylation sites is 2. The molecule has 0 bridgehead atoms. The third-order valence-corrected chi connectivity index (χ3v) is 4.97. The van der Waals surface area contributed by atoms with Crippen molar-refractivity contribution in [2.75, 3.05) is 57.8 Å². The molecule has 0 aliphatic carbocycles. The lowest BCUT2D eigenvalue weighted by molar-refractivity contribution is 0.207. The molecule has 2 aliphatic rings. The Labute approximate surface area is 128 Å². The molecule has 2 atom stereocenters. The molecule has 0 amide bonds. The molecule has 0 unspecified atom stereocenters. The zero-order chi connectivity index (χ0) is 14.7. The Kier molecular flexibility index (Phi) is 4.66. The number of anilines is 1. The minimum Gasteiger partial charge on any atom is -0.495 e. The minimum absolute atomic E-state index is 0.817. The maximum absolute atomic E-state index is 5.48. The lowest BCUT2D eigenvalue weighted by Gasteiger charge is -2.38. The number of methoxy groups -OCH3 is 1. The van der Waals surface area contributed by atoms with Gasteiger partial charge in [0.25, 0.3) is 0 Å². The number of piperazine rings is 1. The van der Waals surface area contributed by atoms with E-state index in [0.717, 1.165) is 43.8 Å². The van der Waals surface area contributed by atoms with Crippen LogP contribution >= 0.6 is 0 Å². The molecule has 0 aromatic heterocycles. The predicted octanol–water partition coefficient (Wildman–Crippen LogP) is 1.67. The first-order chi connectivity index (χ1) is 10.3. The summed E-state index contributed by atoms with van der Waals surface area (Å²) >= 11 is 0. The van der Waals surface area contributed by atoms with Gasteiger partial charge in [-0.3, -0.25) is 4.90 Å². The Morgan fingerprint density at radius 2 is 1.90 bits per heavy atom. The van der Waals surface area contributed by atoms with Crippen molar-refractivity contribution in [3.8, 4) is 5.75 Å². The van der Waals surface area contributed by atoms with E-state index in [1.165, 1.54) is 25.3 Å². The van der Waals surface area contributed by atoms with E-state index < -0.39 is 0 Å². The number of ether oxygens (including phenoxy) is 1. The topological polar surface area (TPSA) is 27.7 Å². The van der Waals surface area contributed by atoms with Crippen LogP contribution in [0.25, 0.3) is 0 Å². The molecule has 0 radical (unpaired) electrons. The standard InChI is InChI=1S/C17H27N3O/c1-14-11-18-12-15(14)13-19-7-9-20(10-8-19)16-5-3-4-6-17(16)21-2/h3-6,14-15,18H,7-13H2,1-2H3/t14-,15+/m1/s1. The molecule has 1 aromatic rings. The normalized spacial score (nSPS) is 27.0. The second-order valence-electron chi connectivity index (χ2n) is 6.36. The average Bonchev–Trinajstić information content (AvgIpc) is 2.93. The molecule has 116 valence electrons. The summed E-state index contributed by atoms with van der Waals surface area (Å²) in [7, 11) is 1.75. The summed E-state index contributed by atoms with van der Waals surface area (Å²) in [6, 6.07) is 8.34. The molecule has 21 heavy (non-hydrogen) atoms. The highest BCUT2D eigenvalue weighted by Crippen LogP contribution is 2.28. The van der Waals surface area contributed by atoms with Crippen molar-refractivity contribution in [2.45, 2.75) is 6.92 Å². The van der Waals surface area contributed by atoms with Crippen LogP contribution in [0.3, 0.4) is 0 Å². The number of hydrogen-bond acceptors (Lipinski definition) is 4. The summed E-state index contributed by atoms with van der Waals surface area (Å²) < 4.78 is 5.48. The van der Waals surface area contributed by atoms with E-state index in [0.29, 0.717) is 0 Å². The Bertz CT molecular complexity index is 457. The van der Waals surface area contributed by atoms with Crippen molar-refractivity contribution in [3.63, 3.8) is 0 Å². The van der Waals surface area contributed by atoms with Crippen LogP contribution in [0.1, 0.15) is 6.92 Å². The van der Waals surface area contributed by atoms with Gasteiger partial charge in [0, 0.05) is 32.7 Å². The van der Waals surface area contributed by atoms with Crippen molar-refractivity contribution < 1.29 is 4.74 Å². The number of hydrogen-bond donors (Lipinski definition) is 1. The van der Waals surface area contributed by atoms with Crippen LogP contribution in [0.15, 0.2) is 24.3 Å². The Morgan fingerprint density at radius 1 is 1.14 bits per heavy atom. The molecular weight excluding hydrogens is 262 g/mol. The van der Waals surface area contributed by atoms with E-state index in [1.807, 2.05) is 12.1 Å². The molecule has 2 saturated heterocycles. The van der Waals surface area contributed by atoms with Gasteiger partial charge in [-0.15, -0.1) is 0 Å². The van der Waals surface area contributed by atoms with Gasteiger partial charge in [-0.1, -0.05) is 19.1 Å². The zero-order valence-electron chi connectivity index (χ0n) is 13.2. The first kappa shape index (κ1) is 14.7. The van der Waals surface area contributed by atoms with Crippen LogP contribution in [0.4, 0.5) is 5.69 Å². The fourth-order valence-corrected chi connectivity index (χ4v) is 3.50. The van der Waals surface area contributed by atoms with E-state index in [4.69, 9.17) is 4.74 Å². The van der Waals surface area contributed by atoms with E-state index in [2.05, 4.69) is 34.2 Å². The molecule has 1 N–H and O–H groups in total. The monoisotopic (exact) mass is 289 g/mol. The number of rotatable bonds is 4. The first-order valence-corrected chi connectivity index (χ1v) is 8.09. The summed E-state index contributed by atoms with van der Waals surface area (Å²) in [5, 5.41) is 3.51. The molecule has 3 rings (SSSR count). The number of nitrogens with one attached hydrogen (secondary N) is 1. The van der Waals surface area contributed by atoms with Crippen LogP contribution in [0, 0.1) is 11.8 Å². The molecule has 1 aromatic carbocycles. The summed E-state index contributed by atoms with van der Waals surface area (Å²) in [4.78, 5) is 5.08. The van der Waals surface area contributed by atoms with Crippen molar-refractivity contribution in [1.82, 2.24) is 10.2 Å². The van der Waals surface area contributed by atoms with E-state index in [-0.39, 0.29) is 0 Å². The second-order valence-corrected chi connectivity index (χ2v) is 6.36. The van der Waals surface area contributed by atoms with Crippen LogP contribution in [-0.2, 0) is 0 Å². The third kappa shape index (κ3) is 3.33. The highest BCUT2D eigenvalue weighted by molar-refractivity contribution is 5.58. The first-order valence-electron chi connectivity index (χ1n) is 8.09. The smallest absolute Gasteiger partial charge is 0.142 e. The summed E-state index contributed by atoms with van der Waals surface area (Å²) in [5.74, 6) is 2.62. The van der Waals surface area contributed by atoms with Crippen LogP contribution < -0.4 is 15.0 Å².